The Kier molecular flexibility index (Phi) is 12.1. The predicted molar refractivity (Wildman–Crippen MR) is 104 cm³/mol. The molecule has 2 amide bonds. The Bertz CT molecular complexity index is 382. The molecule has 0 spiro atoms. The fourth-order valence-corrected chi connectivity index (χ4v) is 2.44. The lowest BCUT2D eigenvalue weighted by atomic mass is 10.0. The molecule has 1 rings (SSSR count). The molecule has 0 aliphatic carbocycles. The fourth-order valence-electron chi connectivity index (χ4n) is 2.44. The van der Waals surface area contributed by atoms with Crippen molar-refractivity contribution in [2.45, 2.75) is 52.9 Å². The molecule has 0 atom stereocenters. The standard InChI is InChI=1S/C16H30N4O2.HI/c1-4-13(5-2)12-19-16(17-6-3)18-10-11-20-14(21)8-7-9-15(20)22;/h13H,4-12H2,1-3H3,(H2,17,18,19);1H. The summed E-state index contributed by atoms with van der Waals surface area (Å²) in [4.78, 5) is 29.4. The van der Waals surface area contributed by atoms with Gasteiger partial charge in [0.15, 0.2) is 5.96 Å². The van der Waals surface area contributed by atoms with Crippen LogP contribution in [0.5, 0.6) is 0 Å². The molecule has 6 nitrogen and oxygen atoms in total. The van der Waals surface area contributed by atoms with Gasteiger partial charge in [-0.15, -0.1) is 24.0 Å². The third-order valence-corrected chi connectivity index (χ3v) is 4.02. The minimum atomic E-state index is -0.0583. The number of nitrogens with one attached hydrogen (secondary N) is 2. The molecule has 0 bridgehead atoms. The van der Waals surface area contributed by atoms with Crippen molar-refractivity contribution in [1.82, 2.24) is 15.5 Å². The molecule has 0 aromatic rings. The molecular formula is C16H31IN4O2. The van der Waals surface area contributed by atoms with Gasteiger partial charge in [-0.1, -0.05) is 26.7 Å². The van der Waals surface area contributed by atoms with Gasteiger partial charge in [0.25, 0.3) is 0 Å². The van der Waals surface area contributed by atoms with Crippen LogP contribution in [0.2, 0.25) is 0 Å². The van der Waals surface area contributed by atoms with Crippen LogP contribution >= 0.6 is 24.0 Å². The molecule has 1 fully saturated rings. The Morgan fingerprint density at radius 3 is 2.26 bits per heavy atom. The molecule has 134 valence electrons. The van der Waals surface area contributed by atoms with E-state index in [2.05, 4.69) is 29.5 Å². The minimum absolute atomic E-state index is 0. The number of hydrogen-bond acceptors (Lipinski definition) is 3. The molecule has 2 N–H and O–H groups in total. The summed E-state index contributed by atoms with van der Waals surface area (Å²) in [5.41, 5.74) is 0. The Morgan fingerprint density at radius 1 is 1.13 bits per heavy atom. The Labute approximate surface area is 156 Å². The summed E-state index contributed by atoms with van der Waals surface area (Å²) in [7, 11) is 0. The first-order valence-electron chi connectivity index (χ1n) is 8.47. The summed E-state index contributed by atoms with van der Waals surface area (Å²) >= 11 is 0. The highest BCUT2D eigenvalue weighted by atomic mass is 127. The van der Waals surface area contributed by atoms with Gasteiger partial charge in [0.1, 0.15) is 0 Å². The van der Waals surface area contributed by atoms with Crippen LogP contribution in [0.25, 0.3) is 0 Å². The quantitative estimate of drug-likeness (QED) is 0.264. The topological polar surface area (TPSA) is 73.8 Å². The van der Waals surface area contributed by atoms with Gasteiger partial charge in [-0.25, -0.2) is 0 Å². The minimum Gasteiger partial charge on any atom is -0.357 e. The number of amides is 2. The number of imide groups is 1. The lowest BCUT2D eigenvalue weighted by molar-refractivity contribution is -0.147. The Hall–Kier alpha value is -0.860. The van der Waals surface area contributed by atoms with Crippen molar-refractivity contribution in [3.8, 4) is 0 Å². The van der Waals surface area contributed by atoms with Crippen LogP contribution in [0, 0.1) is 5.92 Å². The van der Waals surface area contributed by atoms with Gasteiger partial charge >= 0.3 is 0 Å². The van der Waals surface area contributed by atoms with Crippen LogP contribution in [0.15, 0.2) is 4.99 Å². The highest BCUT2D eigenvalue weighted by Crippen LogP contribution is 2.11. The van der Waals surface area contributed by atoms with E-state index < -0.39 is 0 Å². The van der Waals surface area contributed by atoms with Crippen molar-refractivity contribution in [3.05, 3.63) is 0 Å². The molecule has 0 aromatic carbocycles. The SMILES string of the molecule is CCNC(=NCC(CC)CC)NCCN1C(=O)CCCC1=O.I. The van der Waals surface area contributed by atoms with Gasteiger partial charge in [-0.2, -0.15) is 0 Å². The molecule has 1 saturated heterocycles. The molecule has 1 aliphatic heterocycles. The van der Waals surface area contributed by atoms with E-state index >= 15 is 0 Å². The molecule has 23 heavy (non-hydrogen) atoms. The van der Waals surface area contributed by atoms with Crippen molar-refractivity contribution < 1.29 is 9.59 Å². The van der Waals surface area contributed by atoms with E-state index in [0.29, 0.717) is 38.3 Å². The van der Waals surface area contributed by atoms with Crippen molar-refractivity contribution in [1.29, 1.82) is 0 Å². The molecule has 0 unspecified atom stereocenters. The zero-order chi connectivity index (χ0) is 16.4. The third kappa shape index (κ3) is 7.99. The molecule has 1 aliphatic rings. The van der Waals surface area contributed by atoms with E-state index in [0.717, 1.165) is 31.9 Å². The van der Waals surface area contributed by atoms with E-state index in [-0.39, 0.29) is 35.8 Å². The van der Waals surface area contributed by atoms with Gasteiger partial charge in [-0.3, -0.25) is 19.5 Å². The number of carbonyl (C=O) groups excluding carboxylic acids is 2. The largest absolute Gasteiger partial charge is 0.357 e. The lowest BCUT2D eigenvalue weighted by Gasteiger charge is -2.25. The van der Waals surface area contributed by atoms with Crippen LogP contribution < -0.4 is 10.6 Å². The summed E-state index contributed by atoms with van der Waals surface area (Å²) in [6, 6.07) is 0. The lowest BCUT2D eigenvalue weighted by Crippen LogP contribution is -2.46. The number of aliphatic imine (C=N–C) groups is 1. The maximum Gasteiger partial charge on any atom is 0.229 e. The monoisotopic (exact) mass is 438 g/mol. The van der Waals surface area contributed by atoms with Crippen molar-refractivity contribution >= 4 is 41.8 Å². The van der Waals surface area contributed by atoms with Crippen LogP contribution in [0.1, 0.15) is 52.9 Å². The highest BCUT2D eigenvalue weighted by Gasteiger charge is 2.25. The average Bonchev–Trinajstić information content (AvgIpc) is 2.51. The maximum atomic E-state index is 11.7. The highest BCUT2D eigenvalue weighted by molar-refractivity contribution is 14.0. The van der Waals surface area contributed by atoms with E-state index in [1.807, 2.05) is 6.92 Å². The van der Waals surface area contributed by atoms with Gasteiger partial charge in [0, 0.05) is 39.0 Å². The second-order valence-corrected chi connectivity index (χ2v) is 5.62. The summed E-state index contributed by atoms with van der Waals surface area (Å²) in [5.74, 6) is 1.24. The smallest absolute Gasteiger partial charge is 0.229 e. The number of likely N-dealkylation sites (tertiary alicyclic amines) is 1. The zero-order valence-electron chi connectivity index (χ0n) is 14.6. The number of carbonyl (C=O) groups is 2. The average molecular weight is 438 g/mol. The van der Waals surface area contributed by atoms with Crippen LogP contribution in [-0.2, 0) is 9.59 Å². The van der Waals surface area contributed by atoms with E-state index in [4.69, 9.17) is 0 Å². The van der Waals surface area contributed by atoms with Crippen molar-refractivity contribution in [2.24, 2.45) is 10.9 Å². The second kappa shape index (κ2) is 12.5. The summed E-state index contributed by atoms with van der Waals surface area (Å²) in [6.07, 6.45) is 3.89. The maximum absolute atomic E-state index is 11.7. The van der Waals surface area contributed by atoms with Gasteiger partial charge in [-0.05, 0) is 19.3 Å². The van der Waals surface area contributed by atoms with Crippen LogP contribution in [0.4, 0.5) is 0 Å². The summed E-state index contributed by atoms with van der Waals surface area (Å²) < 4.78 is 0. The van der Waals surface area contributed by atoms with E-state index in [1.165, 1.54) is 4.90 Å². The number of piperidine rings is 1. The van der Waals surface area contributed by atoms with Gasteiger partial charge < -0.3 is 10.6 Å². The predicted octanol–water partition coefficient (Wildman–Crippen LogP) is 2.13. The van der Waals surface area contributed by atoms with Gasteiger partial charge in [0.05, 0.1) is 0 Å². The van der Waals surface area contributed by atoms with E-state index in [1.54, 1.807) is 0 Å². The number of nitrogens with zero attached hydrogens (tertiary/aromatic N) is 2. The first-order chi connectivity index (χ1) is 10.6. The van der Waals surface area contributed by atoms with Gasteiger partial charge in [0.2, 0.25) is 11.8 Å². The molecule has 7 heteroatoms. The normalized spacial score (nSPS) is 15.7. The number of rotatable bonds is 8. The summed E-state index contributed by atoms with van der Waals surface area (Å²) in [6.45, 7) is 8.90. The summed E-state index contributed by atoms with van der Waals surface area (Å²) in [5, 5.41) is 6.40. The first kappa shape index (κ1) is 22.1. The third-order valence-electron chi connectivity index (χ3n) is 4.02. The molecule has 0 radical (unpaired) electrons. The Balaban J connectivity index is 0.00000484. The van der Waals surface area contributed by atoms with Crippen LogP contribution in [0.3, 0.4) is 0 Å². The molecular weight excluding hydrogens is 407 g/mol. The fraction of sp³-hybridized carbons (Fsp3) is 0.812. The van der Waals surface area contributed by atoms with Crippen molar-refractivity contribution in [3.63, 3.8) is 0 Å². The van der Waals surface area contributed by atoms with Crippen LogP contribution in [-0.4, -0.2) is 48.9 Å². The second-order valence-electron chi connectivity index (χ2n) is 5.62. The number of guanidine groups is 1. The molecule has 0 aromatic heterocycles. The number of hydrogen-bond donors (Lipinski definition) is 2. The first-order valence-corrected chi connectivity index (χ1v) is 8.47. The molecule has 1 heterocycles. The Morgan fingerprint density at radius 2 is 1.74 bits per heavy atom. The molecule has 0 saturated carbocycles. The van der Waals surface area contributed by atoms with Crippen molar-refractivity contribution in [2.75, 3.05) is 26.2 Å². The van der Waals surface area contributed by atoms with E-state index in [9.17, 15) is 9.59 Å². The number of halogens is 1. The zero-order valence-corrected chi connectivity index (χ0v) is 16.9.